The second-order valence-corrected chi connectivity index (χ2v) is 11.1. The molecule has 1 aromatic rings. The van der Waals surface area contributed by atoms with Gasteiger partial charge in [-0.15, -0.1) is 11.3 Å². The number of amides is 1. The number of piperidine rings is 1. The van der Waals surface area contributed by atoms with E-state index in [0.29, 0.717) is 36.1 Å². The van der Waals surface area contributed by atoms with Gasteiger partial charge in [-0.25, -0.2) is 13.1 Å². The van der Waals surface area contributed by atoms with Gasteiger partial charge in [0.2, 0.25) is 15.9 Å². The maximum Gasteiger partial charge on any atom is 0.250 e. The van der Waals surface area contributed by atoms with Crippen LogP contribution in [0.5, 0.6) is 0 Å². The Morgan fingerprint density at radius 3 is 2.50 bits per heavy atom. The Morgan fingerprint density at radius 2 is 1.96 bits per heavy atom. The van der Waals surface area contributed by atoms with Crippen molar-refractivity contribution in [2.24, 2.45) is 17.3 Å². The Balaban J connectivity index is 1.56. The highest BCUT2D eigenvalue weighted by molar-refractivity contribution is 7.91. The summed E-state index contributed by atoms with van der Waals surface area (Å²) in [7, 11) is -3.44. The van der Waals surface area contributed by atoms with Crippen molar-refractivity contribution >= 4 is 27.3 Å². The second-order valence-electron chi connectivity index (χ2n) is 8.22. The first kappa shape index (κ1) is 19.6. The van der Waals surface area contributed by atoms with Crippen LogP contribution in [0.3, 0.4) is 0 Å². The van der Waals surface area contributed by atoms with E-state index in [-0.39, 0.29) is 23.3 Å². The zero-order valence-electron chi connectivity index (χ0n) is 15.9. The molecule has 2 aliphatic rings. The fraction of sp³-hybridized carbons (Fsp3) is 0.632. The number of sulfonamides is 1. The van der Waals surface area contributed by atoms with E-state index in [9.17, 15) is 13.2 Å². The van der Waals surface area contributed by atoms with Crippen molar-refractivity contribution in [2.45, 2.75) is 50.8 Å². The van der Waals surface area contributed by atoms with Crippen molar-refractivity contribution in [3.63, 3.8) is 0 Å². The van der Waals surface area contributed by atoms with Gasteiger partial charge >= 0.3 is 0 Å². The molecule has 1 N–H and O–H groups in total. The van der Waals surface area contributed by atoms with Gasteiger partial charge in [-0.05, 0) is 49.5 Å². The van der Waals surface area contributed by atoms with E-state index in [0.717, 1.165) is 0 Å². The van der Waals surface area contributed by atoms with Gasteiger partial charge in [0.15, 0.2) is 0 Å². The van der Waals surface area contributed by atoms with Crippen LogP contribution in [0.15, 0.2) is 33.4 Å². The third-order valence-electron chi connectivity index (χ3n) is 5.58. The van der Waals surface area contributed by atoms with E-state index >= 15 is 0 Å². The number of hydrogen-bond donors (Lipinski definition) is 1. The summed E-state index contributed by atoms with van der Waals surface area (Å²) < 4.78 is 27.8. The van der Waals surface area contributed by atoms with Crippen LogP contribution in [0.1, 0.15) is 40.5 Å². The van der Waals surface area contributed by atoms with Crippen molar-refractivity contribution in [1.82, 2.24) is 9.62 Å². The van der Waals surface area contributed by atoms with E-state index in [1.54, 1.807) is 17.5 Å². The molecule has 1 saturated carbocycles. The second kappa shape index (κ2) is 7.09. The topological polar surface area (TPSA) is 66.5 Å². The number of nitrogens with one attached hydrogen (secondary N) is 1. The van der Waals surface area contributed by atoms with Gasteiger partial charge < -0.3 is 4.90 Å². The molecule has 2 atom stereocenters. The van der Waals surface area contributed by atoms with Crippen LogP contribution in [0.2, 0.25) is 0 Å². The summed E-state index contributed by atoms with van der Waals surface area (Å²) >= 11 is 1.22. The van der Waals surface area contributed by atoms with Crippen LogP contribution in [0.4, 0.5) is 0 Å². The molecule has 1 aromatic heterocycles. The summed E-state index contributed by atoms with van der Waals surface area (Å²) in [4.78, 5) is 14.8. The van der Waals surface area contributed by atoms with Crippen LogP contribution < -0.4 is 4.72 Å². The molecule has 1 aliphatic heterocycles. The predicted molar refractivity (Wildman–Crippen MR) is 104 cm³/mol. The smallest absolute Gasteiger partial charge is 0.250 e. The minimum atomic E-state index is -3.44. The molecule has 0 bridgehead atoms. The molecule has 1 amide bonds. The molecule has 2 heterocycles. The fourth-order valence-electron chi connectivity index (χ4n) is 3.93. The quantitative estimate of drug-likeness (QED) is 0.777. The molecule has 0 spiro atoms. The molecule has 2 fully saturated rings. The van der Waals surface area contributed by atoms with Crippen LogP contribution in [-0.2, 0) is 14.8 Å². The molecular weight excluding hydrogens is 368 g/mol. The number of hydrogen-bond acceptors (Lipinski definition) is 4. The third-order valence-corrected chi connectivity index (χ3v) is 8.50. The molecular formula is C19H28N2O3S2. The molecule has 7 heteroatoms. The third kappa shape index (κ3) is 3.89. The summed E-state index contributed by atoms with van der Waals surface area (Å²) in [5.74, 6) is 0.587. The average molecular weight is 397 g/mol. The Kier molecular flexibility index (Phi) is 5.34. The van der Waals surface area contributed by atoms with E-state index in [2.05, 4.69) is 38.5 Å². The number of rotatable bonds is 5. The lowest BCUT2D eigenvalue weighted by atomic mass is 10.0. The molecule has 144 valence electrons. The number of carbonyl (C=O) groups is 1. The van der Waals surface area contributed by atoms with Gasteiger partial charge in [0.25, 0.3) is 0 Å². The first-order valence-electron chi connectivity index (χ1n) is 9.12. The highest BCUT2D eigenvalue weighted by atomic mass is 32.2. The molecule has 0 unspecified atom stereocenters. The molecule has 1 saturated heterocycles. The molecule has 1 aliphatic carbocycles. The van der Waals surface area contributed by atoms with E-state index in [1.807, 2.05) is 4.90 Å². The molecule has 26 heavy (non-hydrogen) atoms. The minimum absolute atomic E-state index is 0.0198. The standard InChI is InChI=1S/C19H28N2O3S2/c1-13(2)12-15-17(19(15,3)4)18(22)21-9-7-14(8-10-21)20-26(23,24)16-6-5-11-25-16/h5-6,11-12,14-15,17,20H,7-10H2,1-4H3/t15-,17+/m1/s1. The molecule has 3 rings (SSSR count). The van der Waals surface area contributed by atoms with Gasteiger partial charge in [-0.1, -0.05) is 31.6 Å². The van der Waals surface area contributed by atoms with Gasteiger partial charge in [0.1, 0.15) is 4.21 Å². The number of nitrogens with zero attached hydrogens (tertiary/aromatic N) is 1. The highest BCUT2D eigenvalue weighted by Crippen LogP contribution is 2.60. The van der Waals surface area contributed by atoms with Crippen LogP contribution >= 0.6 is 11.3 Å². The van der Waals surface area contributed by atoms with Gasteiger partial charge in [0, 0.05) is 19.1 Å². The monoisotopic (exact) mass is 396 g/mol. The normalized spacial score (nSPS) is 25.8. The Hall–Kier alpha value is -1.18. The first-order valence-corrected chi connectivity index (χ1v) is 11.5. The zero-order valence-corrected chi connectivity index (χ0v) is 17.5. The van der Waals surface area contributed by atoms with Crippen molar-refractivity contribution in [1.29, 1.82) is 0 Å². The Labute approximate surface area is 160 Å². The van der Waals surface area contributed by atoms with E-state index in [4.69, 9.17) is 0 Å². The molecule has 5 nitrogen and oxygen atoms in total. The summed E-state index contributed by atoms with van der Waals surface area (Å²) in [6.07, 6.45) is 3.54. The fourth-order valence-corrected chi connectivity index (χ4v) is 6.24. The van der Waals surface area contributed by atoms with Crippen molar-refractivity contribution in [2.75, 3.05) is 13.1 Å². The van der Waals surface area contributed by atoms with Crippen LogP contribution in [0, 0.1) is 17.3 Å². The lowest BCUT2D eigenvalue weighted by molar-refractivity contribution is -0.134. The number of likely N-dealkylation sites (tertiary alicyclic amines) is 1. The van der Waals surface area contributed by atoms with Crippen molar-refractivity contribution in [3.05, 3.63) is 29.2 Å². The number of thiophene rings is 1. The average Bonchev–Trinajstić information content (AvgIpc) is 2.96. The summed E-state index contributed by atoms with van der Waals surface area (Å²) in [6.45, 7) is 9.68. The lowest BCUT2D eigenvalue weighted by Crippen LogP contribution is -2.47. The van der Waals surface area contributed by atoms with Crippen LogP contribution in [0.25, 0.3) is 0 Å². The maximum atomic E-state index is 12.9. The molecule has 0 radical (unpaired) electrons. The lowest BCUT2D eigenvalue weighted by Gasteiger charge is -2.32. The SMILES string of the molecule is CC(C)=C[C@@H]1[C@@H](C(=O)N2CCC(NS(=O)(=O)c3cccs3)CC2)C1(C)C. The first-order chi connectivity index (χ1) is 12.1. The Morgan fingerprint density at radius 1 is 1.31 bits per heavy atom. The summed E-state index contributed by atoms with van der Waals surface area (Å²) in [6, 6.07) is 3.25. The molecule has 0 aromatic carbocycles. The number of allylic oxidation sites excluding steroid dienone is 2. The van der Waals surface area contributed by atoms with E-state index in [1.165, 1.54) is 16.9 Å². The van der Waals surface area contributed by atoms with Gasteiger partial charge in [0.05, 0.1) is 5.92 Å². The largest absolute Gasteiger partial charge is 0.342 e. The van der Waals surface area contributed by atoms with Gasteiger partial charge in [-0.2, -0.15) is 0 Å². The maximum absolute atomic E-state index is 12.9. The summed E-state index contributed by atoms with van der Waals surface area (Å²) in [5, 5.41) is 1.76. The van der Waals surface area contributed by atoms with Crippen molar-refractivity contribution in [3.8, 4) is 0 Å². The summed E-state index contributed by atoms with van der Waals surface area (Å²) in [5.41, 5.74) is 1.27. The van der Waals surface area contributed by atoms with Gasteiger partial charge in [-0.3, -0.25) is 4.79 Å². The minimum Gasteiger partial charge on any atom is -0.342 e. The van der Waals surface area contributed by atoms with Crippen molar-refractivity contribution < 1.29 is 13.2 Å². The highest BCUT2D eigenvalue weighted by Gasteiger charge is 2.61. The Bertz CT molecular complexity index is 785. The number of carbonyl (C=O) groups excluding carboxylic acids is 1. The zero-order chi connectivity index (χ0) is 19.1. The van der Waals surface area contributed by atoms with E-state index < -0.39 is 10.0 Å². The van der Waals surface area contributed by atoms with Crippen LogP contribution in [-0.4, -0.2) is 38.4 Å². The predicted octanol–water partition coefficient (Wildman–Crippen LogP) is 3.26.